The van der Waals surface area contributed by atoms with Crippen molar-refractivity contribution in [3.8, 4) is 0 Å². The standard InChI is InChI=1S/C14H15F4N/c1-9(10-2-4-11(15)5-3-10)19-13-6-12(7-13,8-13)14(16,17)18/h2-5,9,19H,6-8H2,1H3. The first kappa shape index (κ1) is 12.9. The van der Waals surface area contributed by atoms with Gasteiger partial charge in [0.2, 0.25) is 0 Å². The molecule has 0 aliphatic heterocycles. The average molecular weight is 273 g/mol. The second-order valence-electron chi connectivity index (χ2n) is 6.01. The molecule has 3 fully saturated rings. The van der Waals surface area contributed by atoms with E-state index in [4.69, 9.17) is 0 Å². The second-order valence-corrected chi connectivity index (χ2v) is 6.01. The van der Waals surface area contributed by atoms with E-state index in [1.807, 2.05) is 6.92 Å². The third kappa shape index (κ3) is 1.86. The summed E-state index contributed by atoms with van der Waals surface area (Å²) in [5.74, 6) is -0.308. The molecule has 0 radical (unpaired) electrons. The van der Waals surface area contributed by atoms with Crippen LogP contribution in [0.3, 0.4) is 0 Å². The van der Waals surface area contributed by atoms with Gasteiger partial charge in [-0.2, -0.15) is 13.2 Å². The van der Waals surface area contributed by atoms with E-state index in [0.29, 0.717) is 0 Å². The van der Waals surface area contributed by atoms with Gasteiger partial charge in [0.05, 0.1) is 5.41 Å². The summed E-state index contributed by atoms with van der Waals surface area (Å²) in [4.78, 5) is 0. The highest BCUT2D eigenvalue weighted by Gasteiger charge is 2.78. The zero-order valence-electron chi connectivity index (χ0n) is 10.5. The van der Waals surface area contributed by atoms with Crippen molar-refractivity contribution in [1.29, 1.82) is 0 Å². The minimum Gasteiger partial charge on any atom is -0.305 e. The maximum Gasteiger partial charge on any atom is 0.394 e. The number of benzene rings is 1. The first-order valence-corrected chi connectivity index (χ1v) is 6.35. The zero-order valence-corrected chi connectivity index (χ0v) is 10.5. The molecule has 0 aromatic heterocycles. The molecular formula is C14H15F4N. The Morgan fingerprint density at radius 1 is 1.11 bits per heavy atom. The van der Waals surface area contributed by atoms with Gasteiger partial charge >= 0.3 is 6.18 Å². The zero-order chi connectivity index (χ0) is 13.9. The molecule has 3 saturated carbocycles. The van der Waals surface area contributed by atoms with Crippen molar-refractivity contribution in [1.82, 2.24) is 5.32 Å². The minimum atomic E-state index is -4.07. The van der Waals surface area contributed by atoms with Crippen LogP contribution in [0.5, 0.6) is 0 Å². The van der Waals surface area contributed by atoms with E-state index in [1.54, 1.807) is 12.1 Å². The normalized spacial score (nSPS) is 34.4. The van der Waals surface area contributed by atoms with Gasteiger partial charge in [-0.15, -0.1) is 0 Å². The summed E-state index contributed by atoms with van der Waals surface area (Å²) >= 11 is 0. The van der Waals surface area contributed by atoms with E-state index in [9.17, 15) is 17.6 Å². The molecule has 4 rings (SSSR count). The number of hydrogen-bond acceptors (Lipinski definition) is 1. The molecule has 2 bridgehead atoms. The molecule has 0 heterocycles. The van der Waals surface area contributed by atoms with E-state index >= 15 is 0 Å². The van der Waals surface area contributed by atoms with Gasteiger partial charge < -0.3 is 5.32 Å². The Bertz CT molecular complexity index is 471. The lowest BCUT2D eigenvalue weighted by Gasteiger charge is -2.71. The summed E-state index contributed by atoms with van der Waals surface area (Å²) in [6, 6.07) is 6.00. The minimum absolute atomic E-state index is 0.0628. The summed E-state index contributed by atoms with van der Waals surface area (Å²) in [5.41, 5.74) is -0.890. The van der Waals surface area contributed by atoms with Crippen LogP contribution >= 0.6 is 0 Å². The van der Waals surface area contributed by atoms with Crippen molar-refractivity contribution < 1.29 is 17.6 Å². The molecule has 3 aliphatic carbocycles. The molecule has 1 atom stereocenters. The number of hydrogen-bond donors (Lipinski definition) is 1. The van der Waals surface area contributed by atoms with Crippen LogP contribution in [-0.4, -0.2) is 11.7 Å². The van der Waals surface area contributed by atoms with Gasteiger partial charge in [0, 0.05) is 11.6 Å². The average Bonchev–Trinajstić information content (AvgIpc) is 2.20. The molecule has 3 aliphatic rings. The highest BCUT2D eigenvalue weighted by atomic mass is 19.4. The Hall–Kier alpha value is -1.10. The molecule has 104 valence electrons. The van der Waals surface area contributed by atoms with Crippen LogP contribution < -0.4 is 5.32 Å². The quantitative estimate of drug-likeness (QED) is 0.822. The highest BCUT2D eigenvalue weighted by Crippen LogP contribution is 2.73. The Labute approximate surface area is 109 Å². The van der Waals surface area contributed by atoms with Gasteiger partial charge in [-0.3, -0.25) is 0 Å². The monoisotopic (exact) mass is 273 g/mol. The van der Waals surface area contributed by atoms with Crippen LogP contribution in [0.25, 0.3) is 0 Å². The lowest BCUT2D eigenvalue weighted by molar-refractivity contribution is -0.340. The molecule has 1 nitrogen and oxygen atoms in total. The predicted molar refractivity (Wildman–Crippen MR) is 63.0 cm³/mol. The van der Waals surface area contributed by atoms with Gasteiger partial charge in [0.1, 0.15) is 5.82 Å². The van der Waals surface area contributed by atoms with Gasteiger partial charge in [-0.25, -0.2) is 4.39 Å². The number of alkyl halides is 3. The summed E-state index contributed by atoms with van der Waals surface area (Å²) < 4.78 is 51.0. The van der Waals surface area contributed by atoms with Gasteiger partial charge in [-0.1, -0.05) is 12.1 Å². The van der Waals surface area contributed by atoms with E-state index in [0.717, 1.165) is 5.56 Å². The molecule has 0 spiro atoms. The largest absolute Gasteiger partial charge is 0.394 e. The second kappa shape index (κ2) is 3.72. The maximum absolute atomic E-state index is 12.8. The Morgan fingerprint density at radius 2 is 1.63 bits per heavy atom. The van der Waals surface area contributed by atoms with Crippen molar-refractivity contribution in [3.63, 3.8) is 0 Å². The van der Waals surface area contributed by atoms with Crippen molar-refractivity contribution in [2.75, 3.05) is 0 Å². The molecule has 0 saturated heterocycles. The van der Waals surface area contributed by atoms with Gasteiger partial charge in [0.25, 0.3) is 0 Å². The summed E-state index contributed by atoms with van der Waals surface area (Å²) in [7, 11) is 0. The Balaban J connectivity index is 1.62. The Morgan fingerprint density at radius 3 is 2.11 bits per heavy atom. The van der Waals surface area contributed by atoms with E-state index < -0.39 is 11.6 Å². The molecule has 19 heavy (non-hydrogen) atoms. The fraction of sp³-hybridized carbons (Fsp3) is 0.571. The first-order chi connectivity index (χ1) is 8.75. The Kier molecular flexibility index (Phi) is 2.53. The van der Waals surface area contributed by atoms with Crippen LogP contribution in [0.1, 0.15) is 37.8 Å². The van der Waals surface area contributed by atoms with Crippen LogP contribution in [0, 0.1) is 11.2 Å². The summed E-state index contributed by atoms with van der Waals surface area (Å²) in [5, 5.41) is 3.27. The molecule has 1 aromatic rings. The molecule has 1 unspecified atom stereocenters. The van der Waals surface area contributed by atoms with Gasteiger partial charge in [0.15, 0.2) is 0 Å². The fourth-order valence-corrected chi connectivity index (χ4v) is 3.54. The summed E-state index contributed by atoms with van der Waals surface area (Å²) in [6.07, 6.45) is -3.55. The molecule has 5 heteroatoms. The lowest BCUT2D eigenvalue weighted by Crippen LogP contribution is -2.78. The first-order valence-electron chi connectivity index (χ1n) is 6.35. The number of rotatable bonds is 3. The van der Waals surface area contributed by atoms with E-state index in [1.165, 1.54) is 12.1 Å². The third-order valence-corrected chi connectivity index (χ3v) is 4.52. The fourth-order valence-electron chi connectivity index (χ4n) is 3.54. The van der Waals surface area contributed by atoms with E-state index in [2.05, 4.69) is 5.32 Å². The van der Waals surface area contributed by atoms with Crippen LogP contribution in [0.4, 0.5) is 17.6 Å². The molecular weight excluding hydrogens is 258 g/mol. The topological polar surface area (TPSA) is 12.0 Å². The van der Waals surface area contributed by atoms with Crippen LogP contribution in [-0.2, 0) is 0 Å². The lowest BCUT2D eigenvalue weighted by atomic mass is 9.39. The maximum atomic E-state index is 12.8. The molecule has 0 amide bonds. The highest BCUT2D eigenvalue weighted by molar-refractivity contribution is 5.28. The SMILES string of the molecule is CC(NC12CC(C(F)(F)F)(C1)C2)c1ccc(F)cc1. The van der Waals surface area contributed by atoms with Crippen LogP contribution in [0.15, 0.2) is 24.3 Å². The van der Waals surface area contributed by atoms with Crippen molar-refractivity contribution in [2.45, 2.75) is 43.9 Å². The van der Waals surface area contributed by atoms with Crippen molar-refractivity contribution in [2.24, 2.45) is 5.41 Å². The number of halogens is 4. The smallest absolute Gasteiger partial charge is 0.305 e. The molecule has 1 N–H and O–H groups in total. The predicted octanol–water partition coefficient (Wildman–Crippen LogP) is 3.96. The third-order valence-electron chi connectivity index (χ3n) is 4.52. The number of nitrogens with one attached hydrogen (secondary N) is 1. The molecule has 1 aromatic carbocycles. The van der Waals surface area contributed by atoms with E-state index in [-0.39, 0.29) is 36.7 Å². The van der Waals surface area contributed by atoms with Crippen molar-refractivity contribution >= 4 is 0 Å². The summed E-state index contributed by atoms with van der Waals surface area (Å²) in [6.45, 7) is 1.90. The van der Waals surface area contributed by atoms with Crippen LogP contribution in [0.2, 0.25) is 0 Å². The van der Waals surface area contributed by atoms with Gasteiger partial charge in [-0.05, 0) is 43.9 Å². The van der Waals surface area contributed by atoms with Crippen molar-refractivity contribution in [3.05, 3.63) is 35.6 Å².